The minimum Gasteiger partial charge on any atom is -0.443 e. The summed E-state index contributed by atoms with van der Waals surface area (Å²) in [6.45, 7) is 5.37. The van der Waals surface area contributed by atoms with Crippen molar-refractivity contribution in [2.75, 3.05) is 11.1 Å². The van der Waals surface area contributed by atoms with Crippen LogP contribution in [0.4, 0.5) is 16.4 Å². The van der Waals surface area contributed by atoms with Crippen molar-refractivity contribution in [1.29, 1.82) is 0 Å². The van der Waals surface area contributed by atoms with E-state index < -0.39 is 11.7 Å². The summed E-state index contributed by atoms with van der Waals surface area (Å²) in [5.41, 5.74) is 7.16. The van der Waals surface area contributed by atoms with Gasteiger partial charge in [0, 0.05) is 17.2 Å². The second-order valence-corrected chi connectivity index (χ2v) is 8.22. The number of nitrogen functional groups attached to an aromatic ring is 1. The molecule has 0 spiro atoms. The fraction of sp³-hybridized carbons (Fsp3) is 0.476. The van der Waals surface area contributed by atoms with Gasteiger partial charge in [0.15, 0.2) is 0 Å². The maximum Gasteiger partial charge on any atom is 0.421 e. The number of carbonyl (C=O) groups excluding carboxylic acids is 2. The van der Waals surface area contributed by atoms with Crippen LogP contribution < -0.4 is 11.1 Å². The molecule has 1 amide bonds. The molecule has 28 heavy (non-hydrogen) atoms. The molecule has 1 aromatic carbocycles. The summed E-state index contributed by atoms with van der Waals surface area (Å²) in [4.78, 5) is 29.1. The number of anilines is 2. The summed E-state index contributed by atoms with van der Waals surface area (Å²) in [5.74, 6) is 0.179. The summed E-state index contributed by atoms with van der Waals surface area (Å²) in [6.07, 6.45) is 6.23. The number of imidazole rings is 1. The zero-order valence-electron chi connectivity index (χ0n) is 16.7. The fourth-order valence-electron chi connectivity index (χ4n) is 3.43. The van der Waals surface area contributed by atoms with Crippen molar-refractivity contribution in [3.05, 3.63) is 30.5 Å². The lowest BCUT2D eigenvalue weighted by atomic mass is 9.88. The van der Waals surface area contributed by atoms with Gasteiger partial charge in [0.2, 0.25) is 11.9 Å². The SMILES string of the molecule is CC(C)(C)OC(=O)n1c(-c2cccc(NC(=O)C3CCCCC3)c2)cnc1N. The molecule has 1 fully saturated rings. The van der Waals surface area contributed by atoms with Crippen molar-refractivity contribution in [2.24, 2.45) is 5.92 Å². The Labute approximate surface area is 165 Å². The molecule has 1 saturated carbocycles. The number of nitrogens with zero attached hydrogens (tertiary/aromatic N) is 2. The summed E-state index contributed by atoms with van der Waals surface area (Å²) in [6, 6.07) is 7.32. The predicted octanol–water partition coefficient (Wildman–Crippen LogP) is 4.43. The molecule has 0 unspecified atom stereocenters. The van der Waals surface area contributed by atoms with Crippen LogP contribution in [0.15, 0.2) is 30.5 Å². The van der Waals surface area contributed by atoms with Crippen molar-refractivity contribution in [3.8, 4) is 11.3 Å². The lowest BCUT2D eigenvalue weighted by molar-refractivity contribution is -0.120. The minimum atomic E-state index is -0.652. The first kappa shape index (κ1) is 19.9. The van der Waals surface area contributed by atoms with Crippen LogP contribution in [-0.4, -0.2) is 27.2 Å². The molecule has 0 aliphatic heterocycles. The Balaban J connectivity index is 1.82. The van der Waals surface area contributed by atoms with Crippen molar-refractivity contribution in [1.82, 2.24) is 9.55 Å². The molecule has 150 valence electrons. The van der Waals surface area contributed by atoms with E-state index in [9.17, 15) is 9.59 Å². The summed E-state index contributed by atoms with van der Waals surface area (Å²) in [5, 5.41) is 3.00. The van der Waals surface area contributed by atoms with Crippen LogP contribution >= 0.6 is 0 Å². The Morgan fingerprint density at radius 1 is 1.21 bits per heavy atom. The number of nitrogens with two attached hydrogens (primary N) is 1. The van der Waals surface area contributed by atoms with Gasteiger partial charge in [-0.2, -0.15) is 0 Å². The molecule has 7 heteroatoms. The molecule has 7 nitrogen and oxygen atoms in total. The van der Waals surface area contributed by atoms with Gasteiger partial charge in [-0.15, -0.1) is 0 Å². The van der Waals surface area contributed by atoms with Crippen LogP contribution in [-0.2, 0) is 9.53 Å². The highest BCUT2D eigenvalue weighted by atomic mass is 16.6. The molecule has 0 saturated heterocycles. The van der Waals surface area contributed by atoms with Gasteiger partial charge in [0.1, 0.15) is 5.60 Å². The monoisotopic (exact) mass is 384 g/mol. The minimum absolute atomic E-state index is 0.0528. The van der Waals surface area contributed by atoms with Gasteiger partial charge in [0.05, 0.1) is 11.9 Å². The van der Waals surface area contributed by atoms with Crippen molar-refractivity contribution in [3.63, 3.8) is 0 Å². The van der Waals surface area contributed by atoms with E-state index in [2.05, 4.69) is 10.3 Å². The highest BCUT2D eigenvalue weighted by molar-refractivity contribution is 5.93. The summed E-state index contributed by atoms with van der Waals surface area (Å²) >= 11 is 0. The Kier molecular flexibility index (Phi) is 5.72. The predicted molar refractivity (Wildman–Crippen MR) is 109 cm³/mol. The first-order valence-electron chi connectivity index (χ1n) is 9.72. The van der Waals surface area contributed by atoms with E-state index >= 15 is 0 Å². The van der Waals surface area contributed by atoms with Gasteiger partial charge < -0.3 is 15.8 Å². The number of ether oxygens (including phenoxy) is 1. The standard InChI is InChI=1S/C21H28N4O3/c1-21(2,3)28-20(27)25-17(13-23-19(25)22)15-10-7-11-16(12-15)24-18(26)14-8-5-4-6-9-14/h7,10-14H,4-6,8-9H2,1-3H3,(H2,22,23)(H,24,26). The molecular formula is C21H28N4O3. The van der Waals surface area contributed by atoms with Crippen LogP contribution in [0.5, 0.6) is 0 Å². The van der Waals surface area contributed by atoms with Crippen LogP contribution in [0.2, 0.25) is 0 Å². The largest absolute Gasteiger partial charge is 0.443 e. The van der Waals surface area contributed by atoms with Crippen LogP contribution in [0, 0.1) is 5.92 Å². The third-order valence-corrected chi connectivity index (χ3v) is 4.77. The van der Waals surface area contributed by atoms with E-state index in [4.69, 9.17) is 10.5 Å². The fourth-order valence-corrected chi connectivity index (χ4v) is 3.43. The molecule has 3 N–H and O–H groups in total. The lowest BCUT2D eigenvalue weighted by Gasteiger charge is -2.21. The van der Waals surface area contributed by atoms with Crippen LogP contribution in [0.25, 0.3) is 11.3 Å². The zero-order chi connectivity index (χ0) is 20.3. The number of aromatic nitrogens is 2. The number of hydrogen-bond donors (Lipinski definition) is 2. The van der Waals surface area contributed by atoms with Crippen LogP contribution in [0.1, 0.15) is 52.9 Å². The first-order valence-corrected chi connectivity index (χ1v) is 9.72. The van der Waals surface area contributed by atoms with Gasteiger partial charge in [-0.1, -0.05) is 31.4 Å². The number of amides is 1. The molecular weight excluding hydrogens is 356 g/mol. The molecule has 0 atom stereocenters. The lowest BCUT2D eigenvalue weighted by Crippen LogP contribution is -2.28. The zero-order valence-corrected chi connectivity index (χ0v) is 16.7. The first-order chi connectivity index (χ1) is 13.2. The Morgan fingerprint density at radius 2 is 1.93 bits per heavy atom. The van der Waals surface area contributed by atoms with Crippen LogP contribution in [0.3, 0.4) is 0 Å². The maximum atomic E-state index is 12.6. The third kappa shape index (κ3) is 4.71. The number of benzene rings is 1. The van der Waals surface area contributed by atoms with E-state index in [1.807, 2.05) is 24.3 Å². The molecule has 2 aromatic rings. The number of rotatable bonds is 3. The van der Waals surface area contributed by atoms with Gasteiger partial charge in [-0.05, 0) is 45.7 Å². The molecule has 1 aliphatic rings. The van der Waals surface area contributed by atoms with Crippen molar-refractivity contribution >= 4 is 23.6 Å². The van der Waals surface area contributed by atoms with E-state index in [1.54, 1.807) is 20.8 Å². The van der Waals surface area contributed by atoms with Gasteiger partial charge in [-0.25, -0.2) is 14.3 Å². The summed E-state index contributed by atoms with van der Waals surface area (Å²) in [7, 11) is 0. The maximum absolute atomic E-state index is 12.6. The highest BCUT2D eigenvalue weighted by Crippen LogP contribution is 2.28. The van der Waals surface area contributed by atoms with Crippen molar-refractivity contribution < 1.29 is 14.3 Å². The van der Waals surface area contributed by atoms with E-state index in [0.29, 0.717) is 11.4 Å². The molecule has 1 aromatic heterocycles. The average molecular weight is 384 g/mol. The Morgan fingerprint density at radius 3 is 2.61 bits per heavy atom. The number of carbonyl (C=O) groups is 2. The van der Waals surface area contributed by atoms with E-state index in [-0.39, 0.29) is 17.8 Å². The Hall–Kier alpha value is -2.83. The second kappa shape index (κ2) is 8.04. The van der Waals surface area contributed by atoms with E-state index in [0.717, 1.165) is 31.2 Å². The number of nitrogens with one attached hydrogen (secondary N) is 1. The van der Waals surface area contributed by atoms with Gasteiger partial charge in [0.25, 0.3) is 0 Å². The molecule has 3 rings (SSSR count). The molecule has 0 bridgehead atoms. The molecule has 0 radical (unpaired) electrons. The highest BCUT2D eigenvalue weighted by Gasteiger charge is 2.24. The molecule has 1 heterocycles. The third-order valence-electron chi connectivity index (χ3n) is 4.77. The number of hydrogen-bond acceptors (Lipinski definition) is 5. The van der Waals surface area contributed by atoms with Gasteiger partial charge in [-0.3, -0.25) is 4.79 Å². The topological polar surface area (TPSA) is 99.2 Å². The smallest absolute Gasteiger partial charge is 0.421 e. The van der Waals surface area contributed by atoms with Crippen molar-refractivity contribution in [2.45, 2.75) is 58.5 Å². The average Bonchev–Trinajstić information content (AvgIpc) is 3.03. The summed E-state index contributed by atoms with van der Waals surface area (Å²) < 4.78 is 6.68. The normalized spacial score (nSPS) is 15.2. The molecule has 1 aliphatic carbocycles. The Bertz CT molecular complexity index is 861. The van der Waals surface area contributed by atoms with E-state index in [1.165, 1.54) is 17.2 Å². The second-order valence-electron chi connectivity index (χ2n) is 8.22. The quantitative estimate of drug-likeness (QED) is 0.815. The van der Waals surface area contributed by atoms with Gasteiger partial charge >= 0.3 is 6.09 Å².